The summed E-state index contributed by atoms with van der Waals surface area (Å²) < 4.78 is 5.25. The molecule has 0 unspecified atom stereocenters. The first-order valence-corrected chi connectivity index (χ1v) is 6.82. The number of nitrogens with one attached hydrogen (secondary N) is 1. The Balaban J connectivity index is 1.85. The van der Waals surface area contributed by atoms with Gasteiger partial charge in [-0.05, 0) is 37.1 Å². The summed E-state index contributed by atoms with van der Waals surface area (Å²) in [5, 5.41) is 5.41. The van der Waals surface area contributed by atoms with Crippen LogP contribution < -0.4 is 4.72 Å². The highest BCUT2D eigenvalue weighted by Crippen LogP contribution is 2.27. The van der Waals surface area contributed by atoms with Gasteiger partial charge in [0.2, 0.25) is 0 Å². The van der Waals surface area contributed by atoms with Crippen LogP contribution in [0.25, 0.3) is 10.9 Å². The second-order valence-corrected chi connectivity index (χ2v) is 5.23. The molecule has 3 rings (SSSR count). The molecule has 0 radical (unpaired) electrons. The zero-order valence-corrected chi connectivity index (χ0v) is 11.6. The lowest BCUT2D eigenvalue weighted by molar-refractivity contribution is 0.798. The number of aryl methyl sites for hydroxylation is 2. The van der Waals surface area contributed by atoms with Gasteiger partial charge in [0.25, 0.3) is 0 Å². The number of hydrogen-bond donors (Lipinski definition) is 1. The number of pyridine rings is 1. The fourth-order valence-electron chi connectivity index (χ4n) is 1.94. The van der Waals surface area contributed by atoms with E-state index in [1.165, 1.54) is 0 Å². The van der Waals surface area contributed by atoms with E-state index in [4.69, 9.17) is 0 Å². The molecule has 2 aromatic heterocycles. The molecule has 3 aromatic rings. The number of hydrogen-bond acceptors (Lipinski definition) is 4. The lowest BCUT2D eigenvalue weighted by Crippen LogP contribution is -1.94. The van der Waals surface area contributed by atoms with Gasteiger partial charge in [-0.3, -0.25) is 9.67 Å². The molecule has 2 heterocycles. The Labute approximate surface area is 116 Å². The van der Waals surface area contributed by atoms with E-state index in [0.29, 0.717) is 0 Å². The maximum Gasteiger partial charge on any atom is 0.0918 e. The quantitative estimate of drug-likeness (QED) is 0.741. The number of benzene rings is 1. The summed E-state index contributed by atoms with van der Waals surface area (Å²) in [4.78, 5) is 5.37. The molecule has 96 valence electrons. The van der Waals surface area contributed by atoms with E-state index < -0.39 is 0 Å². The lowest BCUT2D eigenvalue weighted by atomic mass is 10.2. The summed E-state index contributed by atoms with van der Waals surface area (Å²) in [5.41, 5.74) is 3.19. The minimum Gasteiger partial charge on any atom is -0.324 e. The minimum absolute atomic E-state index is 1.03. The number of para-hydroxylation sites is 1. The molecule has 0 fully saturated rings. The monoisotopic (exact) mass is 270 g/mol. The minimum atomic E-state index is 1.03. The third-order valence-corrected chi connectivity index (χ3v) is 3.72. The molecule has 0 aliphatic carbocycles. The van der Waals surface area contributed by atoms with Crippen molar-refractivity contribution in [3.8, 4) is 0 Å². The third kappa shape index (κ3) is 2.42. The average Bonchev–Trinajstić information content (AvgIpc) is 2.81. The van der Waals surface area contributed by atoms with Gasteiger partial charge in [0.15, 0.2) is 0 Å². The number of aromatic nitrogens is 3. The highest BCUT2D eigenvalue weighted by atomic mass is 32.2. The van der Waals surface area contributed by atoms with E-state index in [0.717, 1.165) is 27.2 Å². The molecule has 0 atom stereocenters. The van der Waals surface area contributed by atoms with Crippen LogP contribution in [0.3, 0.4) is 0 Å². The molecule has 0 saturated carbocycles. The molecule has 0 saturated heterocycles. The van der Waals surface area contributed by atoms with Gasteiger partial charge in [-0.1, -0.05) is 12.1 Å². The van der Waals surface area contributed by atoms with Crippen LogP contribution in [-0.4, -0.2) is 14.8 Å². The number of fused-ring (bicyclic) bond motifs is 1. The zero-order chi connectivity index (χ0) is 13.2. The molecule has 0 bridgehead atoms. The first kappa shape index (κ1) is 12.0. The Kier molecular flexibility index (Phi) is 3.13. The Morgan fingerprint density at radius 1 is 1.16 bits per heavy atom. The van der Waals surface area contributed by atoms with Gasteiger partial charge in [-0.2, -0.15) is 5.10 Å². The normalized spacial score (nSPS) is 10.8. The topological polar surface area (TPSA) is 42.7 Å². The largest absolute Gasteiger partial charge is 0.324 e. The van der Waals surface area contributed by atoms with E-state index in [1.807, 2.05) is 43.2 Å². The second-order valence-electron chi connectivity index (χ2n) is 4.35. The third-order valence-electron chi connectivity index (χ3n) is 2.92. The Hall–Kier alpha value is -2.01. The molecule has 0 spiro atoms. The van der Waals surface area contributed by atoms with Crippen molar-refractivity contribution >= 4 is 28.5 Å². The molecular weight excluding hydrogens is 256 g/mol. The van der Waals surface area contributed by atoms with Crippen LogP contribution in [0, 0.1) is 6.92 Å². The molecular formula is C14H14N4S. The van der Waals surface area contributed by atoms with Crippen molar-refractivity contribution in [3.63, 3.8) is 0 Å². The summed E-state index contributed by atoms with van der Waals surface area (Å²) in [5.74, 6) is 0. The summed E-state index contributed by atoms with van der Waals surface area (Å²) >= 11 is 1.56. The molecule has 4 nitrogen and oxygen atoms in total. The predicted molar refractivity (Wildman–Crippen MR) is 79.2 cm³/mol. The van der Waals surface area contributed by atoms with Gasteiger partial charge >= 0.3 is 0 Å². The van der Waals surface area contributed by atoms with E-state index in [-0.39, 0.29) is 0 Å². The summed E-state index contributed by atoms with van der Waals surface area (Å²) in [6, 6.07) is 10.2. The molecule has 5 heteroatoms. The van der Waals surface area contributed by atoms with E-state index >= 15 is 0 Å². The zero-order valence-electron chi connectivity index (χ0n) is 10.8. The van der Waals surface area contributed by atoms with Crippen molar-refractivity contribution in [1.82, 2.24) is 14.8 Å². The first-order valence-electron chi connectivity index (χ1n) is 6.00. The highest BCUT2D eigenvalue weighted by Gasteiger charge is 2.05. The smallest absolute Gasteiger partial charge is 0.0918 e. The van der Waals surface area contributed by atoms with Crippen molar-refractivity contribution in [3.05, 3.63) is 48.4 Å². The maximum absolute atomic E-state index is 4.28. The van der Waals surface area contributed by atoms with Crippen molar-refractivity contribution in [2.75, 3.05) is 4.72 Å². The Morgan fingerprint density at radius 3 is 2.84 bits per heavy atom. The standard InChI is InChI=1S/C14H14N4S/c1-10-6-7-12(9-15-10)19-17-13-5-3-4-11-8-16-18(2)14(11)13/h3-9,17H,1-2H3. The molecule has 0 aliphatic rings. The van der Waals surface area contributed by atoms with Crippen LogP contribution in [0.15, 0.2) is 47.6 Å². The van der Waals surface area contributed by atoms with Gasteiger partial charge in [0, 0.05) is 29.2 Å². The highest BCUT2D eigenvalue weighted by molar-refractivity contribution is 8.00. The van der Waals surface area contributed by atoms with Crippen LogP contribution >= 0.6 is 11.9 Å². The van der Waals surface area contributed by atoms with Gasteiger partial charge in [-0.25, -0.2) is 0 Å². The first-order chi connectivity index (χ1) is 9.24. The SMILES string of the molecule is Cc1ccc(SNc2cccc3cnn(C)c23)cn1. The molecule has 1 aromatic carbocycles. The Morgan fingerprint density at radius 2 is 2.05 bits per heavy atom. The molecule has 1 N–H and O–H groups in total. The second kappa shape index (κ2) is 4.93. The van der Waals surface area contributed by atoms with Gasteiger partial charge < -0.3 is 4.72 Å². The van der Waals surface area contributed by atoms with Crippen LogP contribution in [0.1, 0.15) is 5.69 Å². The number of rotatable bonds is 3. The van der Waals surface area contributed by atoms with Crippen molar-refractivity contribution < 1.29 is 0 Å². The molecule has 0 aliphatic heterocycles. The fraction of sp³-hybridized carbons (Fsp3) is 0.143. The van der Waals surface area contributed by atoms with Crippen LogP contribution in [0.2, 0.25) is 0 Å². The van der Waals surface area contributed by atoms with Crippen molar-refractivity contribution in [2.45, 2.75) is 11.8 Å². The number of anilines is 1. The van der Waals surface area contributed by atoms with Crippen molar-refractivity contribution in [2.24, 2.45) is 7.05 Å². The van der Waals surface area contributed by atoms with E-state index in [1.54, 1.807) is 11.9 Å². The summed E-state index contributed by atoms with van der Waals surface area (Å²) in [6.45, 7) is 1.98. The average molecular weight is 270 g/mol. The number of nitrogens with zero attached hydrogens (tertiary/aromatic N) is 3. The van der Waals surface area contributed by atoms with Gasteiger partial charge in [0.1, 0.15) is 0 Å². The fourth-order valence-corrected chi connectivity index (χ4v) is 2.58. The predicted octanol–water partition coefficient (Wildman–Crippen LogP) is 3.40. The maximum atomic E-state index is 4.28. The molecule has 0 amide bonds. The van der Waals surface area contributed by atoms with Gasteiger partial charge in [-0.15, -0.1) is 0 Å². The lowest BCUT2D eigenvalue weighted by Gasteiger charge is -2.07. The van der Waals surface area contributed by atoms with E-state index in [2.05, 4.69) is 33.0 Å². The van der Waals surface area contributed by atoms with Crippen LogP contribution in [0.5, 0.6) is 0 Å². The summed E-state index contributed by atoms with van der Waals surface area (Å²) in [7, 11) is 1.95. The van der Waals surface area contributed by atoms with Crippen LogP contribution in [0.4, 0.5) is 5.69 Å². The van der Waals surface area contributed by atoms with E-state index in [9.17, 15) is 0 Å². The van der Waals surface area contributed by atoms with Gasteiger partial charge in [0.05, 0.1) is 17.4 Å². The summed E-state index contributed by atoms with van der Waals surface area (Å²) in [6.07, 6.45) is 3.75. The van der Waals surface area contributed by atoms with Crippen molar-refractivity contribution in [1.29, 1.82) is 0 Å². The Bertz CT molecular complexity index is 703. The van der Waals surface area contributed by atoms with Crippen LogP contribution in [-0.2, 0) is 7.05 Å². The molecule has 19 heavy (non-hydrogen) atoms.